The number of benzene rings is 1. The van der Waals surface area contributed by atoms with Gasteiger partial charge in [-0.3, -0.25) is 9.78 Å². The summed E-state index contributed by atoms with van der Waals surface area (Å²) >= 11 is 5.79. The highest BCUT2D eigenvalue weighted by molar-refractivity contribution is 6.30. The topological polar surface area (TPSA) is 84.6 Å². The fourth-order valence-corrected chi connectivity index (χ4v) is 4.96. The van der Waals surface area contributed by atoms with Crippen LogP contribution in [0.4, 0.5) is 18.9 Å². The van der Waals surface area contributed by atoms with E-state index in [1.54, 1.807) is 13.3 Å². The van der Waals surface area contributed by atoms with Crippen LogP contribution in [-0.2, 0) is 24.1 Å². The van der Waals surface area contributed by atoms with Crippen molar-refractivity contribution in [3.63, 3.8) is 0 Å². The Labute approximate surface area is 224 Å². The summed E-state index contributed by atoms with van der Waals surface area (Å²) in [4.78, 5) is 26.0. The standard InChI is InChI=1S/C27H29ClF3N5O2/c1-3-18-15-35(26(37)19-7-6-17(28)13-21(19)27(29,30)31)11-12-36(18)25-9-8-22(34-23(25)14-32)20-5-4-10-33-24(20)16-38-2/h4-10,13,18H,3,11-12,14-16,32H2,1-2H3. The monoisotopic (exact) mass is 547 g/mol. The summed E-state index contributed by atoms with van der Waals surface area (Å²) in [6.07, 6.45) is -2.32. The van der Waals surface area contributed by atoms with Crippen LogP contribution in [0.15, 0.2) is 48.7 Å². The van der Waals surface area contributed by atoms with E-state index in [0.717, 1.165) is 34.8 Å². The van der Waals surface area contributed by atoms with Crippen molar-refractivity contribution in [3.8, 4) is 11.3 Å². The summed E-state index contributed by atoms with van der Waals surface area (Å²) in [5.41, 5.74) is 8.53. The fraction of sp³-hybridized carbons (Fsp3) is 0.370. The molecule has 4 rings (SSSR count). The van der Waals surface area contributed by atoms with Crippen molar-refractivity contribution in [2.75, 3.05) is 31.6 Å². The van der Waals surface area contributed by atoms with E-state index in [4.69, 9.17) is 27.1 Å². The molecule has 1 unspecified atom stereocenters. The second-order valence-electron chi connectivity index (χ2n) is 8.99. The molecule has 1 atom stereocenters. The second kappa shape index (κ2) is 11.7. The first-order chi connectivity index (χ1) is 18.2. The first-order valence-electron chi connectivity index (χ1n) is 12.2. The van der Waals surface area contributed by atoms with Crippen LogP contribution in [0.1, 0.15) is 40.7 Å². The highest BCUT2D eigenvalue weighted by Crippen LogP contribution is 2.35. The molecule has 0 bridgehead atoms. The number of carbonyl (C=O) groups is 1. The normalized spacial score (nSPS) is 16.1. The van der Waals surface area contributed by atoms with E-state index in [1.165, 1.54) is 11.0 Å². The molecule has 0 radical (unpaired) electrons. The van der Waals surface area contributed by atoms with Crippen LogP contribution >= 0.6 is 11.6 Å². The summed E-state index contributed by atoms with van der Waals surface area (Å²) < 4.78 is 46.1. The number of aromatic nitrogens is 2. The van der Waals surface area contributed by atoms with Crippen LogP contribution in [0.2, 0.25) is 5.02 Å². The molecule has 3 heterocycles. The molecule has 38 heavy (non-hydrogen) atoms. The van der Waals surface area contributed by atoms with Gasteiger partial charge in [0, 0.05) is 56.1 Å². The van der Waals surface area contributed by atoms with Crippen molar-refractivity contribution < 1.29 is 22.7 Å². The van der Waals surface area contributed by atoms with Gasteiger partial charge in [0.05, 0.1) is 40.5 Å². The van der Waals surface area contributed by atoms with Crippen LogP contribution in [0.3, 0.4) is 0 Å². The van der Waals surface area contributed by atoms with E-state index < -0.39 is 23.2 Å². The molecule has 2 N–H and O–H groups in total. The number of nitrogens with zero attached hydrogens (tertiary/aromatic N) is 4. The summed E-state index contributed by atoms with van der Waals surface area (Å²) in [6.45, 7) is 3.46. The smallest absolute Gasteiger partial charge is 0.378 e. The van der Waals surface area contributed by atoms with Gasteiger partial charge in [-0.2, -0.15) is 13.2 Å². The molecule has 2 aromatic heterocycles. The number of halogens is 4. The minimum atomic E-state index is -4.69. The van der Waals surface area contributed by atoms with Gasteiger partial charge < -0.3 is 20.3 Å². The molecule has 1 aromatic carbocycles. The maximum atomic E-state index is 13.6. The number of hydrogen-bond donors (Lipinski definition) is 1. The predicted molar refractivity (Wildman–Crippen MR) is 140 cm³/mol. The van der Waals surface area contributed by atoms with Gasteiger partial charge in [0.15, 0.2) is 0 Å². The summed E-state index contributed by atoms with van der Waals surface area (Å²) in [5.74, 6) is -0.665. The van der Waals surface area contributed by atoms with E-state index in [1.807, 2.05) is 31.2 Å². The molecule has 1 saturated heterocycles. The molecule has 0 saturated carbocycles. The molecule has 11 heteroatoms. The van der Waals surface area contributed by atoms with Gasteiger partial charge in [0.1, 0.15) is 0 Å². The molecule has 0 spiro atoms. The molecule has 3 aromatic rings. The maximum absolute atomic E-state index is 13.6. The van der Waals surface area contributed by atoms with E-state index in [2.05, 4.69) is 9.88 Å². The third-order valence-electron chi connectivity index (χ3n) is 6.66. The molecule has 1 aliphatic rings. The van der Waals surface area contributed by atoms with Gasteiger partial charge >= 0.3 is 6.18 Å². The molecule has 1 aliphatic heterocycles. The lowest BCUT2D eigenvalue weighted by atomic mass is 10.0. The van der Waals surface area contributed by atoms with Crippen molar-refractivity contribution >= 4 is 23.2 Å². The minimum absolute atomic E-state index is 0.0731. The molecule has 0 aliphatic carbocycles. The first-order valence-corrected chi connectivity index (χ1v) is 12.6. The number of pyridine rings is 2. The Morgan fingerprint density at radius 1 is 1.18 bits per heavy atom. The lowest BCUT2D eigenvalue weighted by molar-refractivity contribution is -0.138. The zero-order chi connectivity index (χ0) is 27.4. The predicted octanol–water partition coefficient (Wildman–Crippen LogP) is 5.16. The van der Waals surface area contributed by atoms with Crippen molar-refractivity contribution in [1.82, 2.24) is 14.9 Å². The fourth-order valence-electron chi connectivity index (χ4n) is 4.79. The number of hydrogen-bond acceptors (Lipinski definition) is 6. The van der Waals surface area contributed by atoms with Crippen LogP contribution in [0.5, 0.6) is 0 Å². The van der Waals surface area contributed by atoms with Gasteiger partial charge in [0.2, 0.25) is 0 Å². The van der Waals surface area contributed by atoms with Gasteiger partial charge in [-0.05, 0) is 48.9 Å². The van der Waals surface area contributed by atoms with Gasteiger partial charge in [-0.15, -0.1) is 0 Å². The van der Waals surface area contributed by atoms with Crippen LogP contribution < -0.4 is 10.6 Å². The number of amides is 1. The highest BCUT2D eigenvalue weighted by Gasteiger charge is 2.38. The molecule has 1 amide bonds. The number of carbonyl (C=O) groups excluding carboxylic acids is 1. The lowest BCUT2D eigenvalue weighted by Gasteiger charge is -2.43. The average Bonchev–Trinajstić information content (AvgIpc) is 2.92. The van der Waals surface area contributed by atoms with E-state index >= 15 is 0 Å². The maximum Gasteiger partial charge on any atom is 0.417 e. The Bertz CT molecular complexity index is 1300. The number of anilines is 1. The molecule has 1 fully saturated rings. The Balaban J connectivity index is 1.60. The number of rotatable bonds is 7. The Morgan fingerprint density at radius 2 is 1.97 bits per heavy atom. The van der Waals surface area contributed by atoms with E-state index in [0.29, 0.717) is 25.3 Å². The zero-order valence-electron chi connectivity index (χ0n) is 21.1. The first kappa shape index (κ1) is 27.8. The number of ether oxygens (including phenoxy) is 1. The number of nitrogens with two attached hydrogens (primary N) is 1. The quantitative estimate of drug-likeness (QED) is 0.440. The van der Waals surface area contributed by atoms with Gasteiger partial charge in [-0.1, -0.05) is 18.5 Å². The summed E-state index contributed by atoms with van der Waals surface area (Å²) in [6, 6.07) is 10.7. The van der Waals surface area contributed by atoms with Crippen LogP contribution in [-0.4, -0.2) is 53.6 Å². The van der Waals surface area contributed by atoms with Crippen molar-refractivity contribution in [1.29, 1.82) is 0 Å². The van der Waals surface area contributed by atoms with Crippen LogP contribution in [0.25, 0.3) is 11.3 Å². The van der Waals surface area contributed by atoms with Crippen molar-refractivity contribution in [3.05, 3.63) is 76.2 Å². The van der Waals surface area contributed by atoms with Crippen molar-refractivity contribution in [2.24, 2.45) is 5.73 Å². The van der Waals surface area contributed by atoms with Gasteiger partial charge in [-0.25, -0.2) is 4.98 Å². The third-order valence-corrected chi connectivity index (χ3v) is 6.89. The van der Waals surface area contributed by atoms with Crippen LogP contribution in [0, 0.1) is 0 Å². The summed E-state index contributed by atoms with van der Waals surface area (Å²) in [5, 5.41) is -0.0731. The second-order valence-corrected chi connectivity index (χ2v) is 9.43. The van der Waals surface area contributed by atoms with E-state index in [9.17, 15) is 18.0 Å². The Morgan fingerprint density at radius 3 is 2.66 bits per heavy atom. The molecular formula is C27H29ClF3N5O2. The summed E-state index contributed by atoms with van der Waals surface area (Å²) in [7, 11) is 1.60. The third kappa shape index (κ3) is 5.77. The average molecular weight is 548 g/mol. The Hall–Kier alpha value is -3.21. The molecular weight excluding hydrogens is 519 g/mol. The highest BCUT2D eigenvalue weighted by atomic mass is 35.5. The van der Waals surface area contributed by atoms with E-state index in [-0.39, 0.29) is 30.7 Å². The molecule has 7 nitrogen and oxygen atoms in total. The molecule has 202 valence electrons. The Kier molecular flexibility index (Phi) is 8.54. The lowest BCUT2D eigenvalue weighted by Crippen LogP contribution is -2.55. The SMILES string of the molecule is CCC1CN(C(=O)c2ccc(Cl)cc2C(F)(F)F)CCN1c1ccc(-c2cccnc2COC)nc1CN. The largest absolute Gasteiger partial charge is 0.417 e. The van der Waals surface area contributed by atoms with Crippen molar-refractivity contribution in [2.45, 2.75) is 38.7 Å². The number of alkyl halides is 3. The van der Waals surface area contributed by atoms with Gasteiger partial charge in [0.25, 0.3) is 5.91 Å². The zero-order valence-corrected chi connectivity index (χ0v) is 21.9. The number of methoxy groups -OCH3 is 1. The number of piperazine rings is 1. The minimum Gasteiger partial charge on any atom is -0.378 e.